The van der Waals surface area contributed by atoms with Gasteiger partial charge >= 0.3 is 0 Å². The Balaban J connectivity index is 1.50. The molecule has 190 valence electrons. The van der Waals surface area contributed by atoms with Gasteiger partial charge in [-0.2, -0.15) is 0 Å². The lowest BCUT2D eigenvalue weighted by Gasteiger charge is -2.15. The van der Waals surface area contributed by atoms with Crippen LogP contribution in [0.4, 0.5) is 4.39 Å². The van der Waals surface area contributed by atoms with Gasteiger partial charge in [-0.05, 0) is 67.6 Å². The maximum Gasteiger partial charge on any atom is 0.246 e. The molecule has 1 aliphatic rings. The predicted molar refractivity (Wildman–Crippen MR) is 137 cm³/mol. The van der Waals surface area contributed by atoms with Gasteiger partial charge in [-0.25, -0.2) is 27.8 Å². The third-order valence-corrected chi connectivity index (χ3v) is 9.33. The van der Waals surface area contributed by atoms with Gasteiger partial charge in [-0.1, -0.05) is 6.07 Å². The van der Waals surface area contributed by atoms with Crippen LogP contribution < -0.4 is 5.32 Å². The van der Waals surface area contributed by atoms with Crippen molar-refractivity contribution in [3.63, 3.8) is 0 Å². The summed E-state index contributed by atoms with van der Waals surface area (Å²) in [4.78, 5) is 38.2. The first-order valence-corrected chi connectivity index (χ1v) is 14.1. The van der Waals surface area contributed by atoms with E-state index in [1.54, 1.807) is 25.4 Å². The van der Waals surface area contributed by atoms with Crippen LogP contribution >= 0.6 is 11.3 Å². The van der Waals surface area contributed by atoms with E-state index in [1.807, 2.05) is 12.1 Å². The molecule has 37 heavy (non-hydrogen) atoms. The second-order valence-corrected chi connectivity index (χ2v) is 12.1. The minimum absolute atomic E-state index is 0.0590. The van der Waals surface area contributed by atoms with E-state index in [9.17, 15) is 22.4 Å². The molecule has 1 saturated carbocycles. The number of rotatable bonds is 9. The van der Waals surface area contributed by atoms with Crippen LogP contribution in [0, 0.1) is 18.7 Å². The topological polar surface area (TPSA) is 119 Å². The van der Waals surface area contributed by atoms with Crippen molar-refractivity contribution in [3.05, 3.63) is 71.5 Å². The van der Waals surface area contributed by atoms with Crippen LogP contribution in [0.15, 0.2) is 59.8 Å². The summed E-state index contributed by atoms with van der Waals surface area (Å²) in [6, 6.07) is 9.68. The molecule has 0 saturated heterocycles. The van der Waals surface area contributed by atoms with E-state index >= 15 is 0 Å². The summed E-state index contributed by atoms with van der Waals surface area (Å²) in [6.07, 6.45) is 5.73. The molecule has 0 radical (unpaired) electrons. The van der Waals surface area contributed by atoms with E-state index in [0.29, 0.717) is 28.4 Å². The van der Waals surface area contributed by atoms with E-state index in [2.05, 4.69) is 20.3 Å². The third kappa shape index (κ3) is 5.57. The van der Waals surface area contributed by atoms with Crippen molar-refractivity contribution in [2.75, 3.05) is 6.54 Å². The van der Waals surface area contributed by atoms with Crippen LogP contribution in [0.3, 0.4) is 0 Å². The summed E-state index contributed by atoms with van der Waals surface area (Å²) in [6.45, 7) is 1.53. The number of amides is 1. The second-order valence-electron chi connectivity index (χ2n) is 9.04. The number of ketones is 1. The normalized spacial score (nSPS) is 14.4. The number of carbonyl (C=O) groups excluding carboxylic acids is 2. The molecule has 0 bridgehead atoms. The molecular weight excluding hydrogens is 515 g/mol. The Labute approximate surface area is 216 Å². The minimum atomic E-state index is -4.31. The van der Waals surface area contributed by atoms with Crippen molar-refractivity contribution in [3.8, 4) is 11.1 Å². The molecule has 11 heteroatoms. The quantitative estimate of drug-likeness (QED) is 0.317. The Bertz CT molecular complexity index is 1580. The van der Waals surface area contributed by atoms with Gasteiger partial charge in [0.25, 0.3) is 0 Å². The highest BCUT2D eigenvalue weighted by atomic mass is 32.2. The Hall–Kier alpha value is -3.57. The number of hydrogen-bond acceptors (Lipinski definition) is 8. The number of benzene rings is 2. The van der Waals surface area contributed by atoms with Crippen LogP contribution in [0.25, 0.3) is 21.3 Å². The molecular formula is C26H23FN4O4S2. The van der Waals surface area contributed by atoms with Crippen molar-refractivity contribution < 1.29 is 22.4 Å². The molecule has 1 amide bonds. The highest BCUT2D eigenvalue weighted by molar-refractivity contribution is 7.92. The average Bonchev–Trinajstić information content (AvgIpc) is 3.59. The van der Waals surface area contributed by atoms with E-state index in [0.717, 1.165) is 59.6 Å². The summed E-state index contributed by atoms with van der Waals surface area (Å²) < 4.78 is 41.4. The van der Waals surface area contributed by atoms with Gasteiger partial charge in [-0.3, -0.25) is 9.59 Å². The van der Waals surface area contributed by atoms with Gasteiger partial charge in [0.15, 0.2) is 20.9 Å². The van der Waals surface area contributed by atoms with Crippen molar-refractivity contribution in [1.29, 1.82) is 0 Å². The third-order valence-electron chi connectivity index (χ3n) is 6.11. The van der Waals surface area contributed by atoms with Gasteiger partial charge in [0.05, 0.1) is 21.7 Å². The van der Waals surface area contributed by atoms with Crippen LogP contribution in [-0.4, -0.2) is 41.6 Å². The first-order chi connectivity index (χ1) is 17.7. The first-order valence-electron chi connectivity index (χ1n) is 11.7. The largest absolute Gasteiger partial charge is 0.348 e. The summed E-state index contributed by atoms with van der Waals surface area (Å²) in [5, 5.41) is 0.857. The first kappa shape index (κ1) is 25.1. The van der Waals surface area contributed by atoms with Crippen molar-refractivity contribution in [2.24, 2.45) is 5.92 Å². The van der Waals surface area contributed by atoms with Gasteiger partial charge < -0.3 is 5.32 Å². The lowest BCUT2D eigenvalue weighted by atomic mass is 10.1. The fourth-order valence-electron chi connectivity index (χ4n) is 3.92. The zero-order valence-corrected chi connectivity index (χ0v) is 21.5. The summed E-state index contributed by atoms with van der Waals surface area (Å²) in [5.41, 5.74) is 2.12. The number of fused-ring (bicyclic) bond motifs is 1. The molecule has 1 fully saturated rings. The summed E-state index contributed by atoms with van der Waals surface area (Å²) in [7, 11) is -4.31. The lowest BCUT2D eigenvalue weighted by Crippen LogP contribution is -2.37. The molecule has 1 atom stereocenters. The van der Waals surface area contributed by atoms with Gasteiger partial charge in [-0.15, -0.1) is 11.3 Å². The Morgan fingerprint density at radius 2 is 1.78 bits per heavy atom. The molecule has 5 rings (SSSR count). The van der Waals surface area contributed by atoms with Gasteiger partial charge in [0.2, 0.25) is 5.91 Å². The molecule has 2 aromatic heterocycles. The summed E-state index contributed by atoms with van der Waals surface area (Å²) in [5.74, 6) is -0.609. The molecule has 4 aromatic rings. The Kier molecular flexibility index (Phi) is 6.82. The van der Waals surface area contributed by atoms with Crippen molar-refractivity contribution >= 4 is 43.1 Å². The second kappa shape index (κ2) is 10.1. The number of sulfone groups is 1. The molecule has 1 aliphatic carbocycles. The van der Waals surface area contributed by atoms with Crippen LogP contribution in [0.5, 0.6) is 0 Å². The SMILES string of the molecule is Cc1ncc(-c2ccc3nc(C(C(=O)NCC(=O)CC4CC4)S(=O)(=O)c4ccc(F)cc4)sc3c2)cn1. The number of Topliss-reactive ketones (excluding diaryl/α,β-unsaturated/α-hetero) is 1. The van der Waals surface area contributed by atoms with Gasteiger partial charge in [0, 0.05) is 24.4 Å². The molecule has 0 spiro atoms. The standard InChI is InChI=1S/C26H23FN4O4S2/c1-15-28-12-18(13-29-15)17-4-9-22-23(11-17)36-26(31-22)24(25(33)30-14-20(32)10-16-2-3-16)37(34,35)21-7-5-19(27)6-8-21/h4-9,11-13,16,24H,2-3,10,14H2,1H3,(H,30,33). The highest BCUT2D eigenvalue weighted by Crippen LogP contribution is 2.36. The Morgan fingerprint density at radius 3 is 2.46 bits per heavy atom. The monoisotopic (exact) mass is 538 g/mol. The molecule has 2 heterocycles. The maximum atomic E-state index is 13.6. The predicted octanol–water partition coefficient (Wildman–Crippen LogP) is 4.20. The van der Waals surface area contributed by atoms with Gasteiger partial charge in [0.1, 0.15) is 16.6 Å². The van der Waals surface area contributed by atoms with Crippen LogP contribution in [-0.2, 0) is 19.4 Å². The van der Waals surface area contributed by atoms with E-state index < -0.39 is 26.8 Å². The smallest absolute Gasteiger partial charge is 0.246 e. The minimum Gasteiger partial charge on any atom is -0.348 e. The molecule has 0 aliphatic heterocycles. The molecule has 8 nitrogen and oxygen atoms in total. The van der Waals surface area contributed by atoms with Crippen molar-refractivity contribution in [1.82, 2.24) is 20.3 Å². The number of thiazole rings is 1. The maximum absolute atomic E-state index is 13.6. The lowest BCUT2D eigenvalue weighted by molar-refractivity contribution is -0.125. The number of halogens is 1. The Morgan fingerprint density at radius 1 is 1.08 bits per heavy atom. The van der Waals surface area contributed by atoms with Crippen LogP contribution in [0.2, 0.25) is 0 Å². The average molecular weight is 539 g/mol. The summed E-state index contributed by atoms with van der Waals surface area (Å²) >= 11 is 1.07. The fourth-order valence-corrected chi connectivity index (χ4v) is 6.90. The number of aryl methyl sites for hydroxylation is 1. The van der Waals surface area contributed by atoms with E-state index in [4.69, 9.17) is 0 Å². The van der Waals surface area contributed by atoms with E-state index in [-0.39, 0.29) is 22.2 Å². The molecule has 1 N–H and O–H groups in total. The molecule has 2 aromatic carbocycles. The number of carbonyl (C=O) groups is 2. The zero-order valence-electron chi connectivity index (χ0n) is 19.8. The highest BCUT2D eigenvalue weighted by Gasteiger charge is 2.38. The fraction of sp³-hybridized carbons (Fsp3) is 0.269. The number of nitrogens with one attached hydrogen (secondary N) is 1. The van der Waals surface area contributed by atoms with E-state index in [1.165, 1.54) is 0 Å². The number of nitrogens with zero attached hydrogens (tertiary/aromatic N) is 3. The zero-order chi connectivity index (χ0) is 26.2. The number of hydrogen-bond donors (Lipinski definition) is 1. The van der Waals surface area contributed by atoms with Crippen molar-refractivity contribution in [2.45, 2.75) is 36.3 Å². The molecule has 1 unspecified atom stereocenters. The number of aromatic nitrogens is 3. The van der Waals surface area contributed by atoms with Crippen LogP contribution in [0.1, 0.15) is 35.3 Å².